The van der Waals surface area contributed by atoms with Gasteiger partial charge in [-0.25, -0.2) is 4.79 Å². The number of benzene rings is 3. The van der Waals surface area contributed by atoms with Crippen LogP contribution in [0.2, 0.25) is 0 Å². The Bertz CT molecular complexity index is 4180. The first-order valence-electron chi connectivity index (χ1n) is 32.9. The lowest BCUT2D eigenvalue weighted by Crippen LogP contribution is -2.63. The molecule has 106 heavy (non-hydrogen) atoms. The van der Waals surface area contributed by atoms with E-state index in [0.717, 1.165) is 31.2 Å². The number of H-pyrrole nitrogens is 2. The van der Waals surface area contributed by atoms with Crippen molar-refractivity contribution < 1.29 is 122 Å². The summed E-state index contributed by atoms with van der Waals surface area (Å²) in [4.78, 5) is 229. The largest absolute Gasteiger partial charge is 0.513 e. The Morgan fingerprint density at radius 3 is 1.67 bits per heavy atom. The molecule has 2 aliphatic rings. The Morgan fingerprint density at radius 1 is 0.604 bits per heavy atom. The van der Waals surface area contributed by atoms with Crippen molar-refractivity contribution in [3.63, 3.8) is 0 Å². The molecule has 568 valence electrons. The van der Waals surface area contributed by atoms with Crippen molar-refractivity contribution in [2.45, 2.75) is 156 Å². The second-order valence-corrected chi connectivity index (χ2v) is 24.8. The molecule has 7 rings (SSSR count). The second kappa shape index (κ2) is 37.1. The highest BCUT2D eigenvalue weighted by Gasteiger charge is 2.46. The van der Waals surface area contributed by atoms with Crippen LogP contribution in [0.3, 0.4) is 0 Å². The van der Waals surface area contributed by atoms with Crippen molar-refractivity contribution in [1.29, 1.82) is 0 Å². The van der Waals surface area contributed by atoms with E-state index in [-0.39, 0.29) is 16.7 Å². The number of hydrogen-bond donors (Lipinski definition) is 21. The quantitative estimate of drug-likeness (QED) is 0.0166. The third kappa shape index (κ3) is 22.5. The molecule has 2 saturated heterocycles. The smallest absolute Gasteiger partial charge is 0.329 e. The van der Waals surface area contributed by atoms with Gasteiger partial charge in [0.05, 0.1) is 37.9 Å². The number of para-hydroxylation sites is 2. The molecule has 5 aromatic rings. The fourth-order valence-electron chi connectivity index (χ4n) is 11.3. The predicted octanol–water partition coefficient (Wildman–Crippen LogP) is -4.90. The number of carbonyl (C=O) groups excluding carboxylic acids is 13. The van der Waals surface area contributed by atoms with E-state index in [2.05, 4.69) is 64.4 Å². The van der Waals surface area contributed by atoms with Gasteiger partial charge in [-0.1, -0.05) is 68.5 Å². The number of nitrogens with one attached hydrogen (secondary N) is 13. The Labute approximate surface area is 600 Å². The van der Waals surface area contributed by atoms with Gasteiger partial charge in [-0.2, -0.15) is 0 Å². The lowest BCUT2D eigenvalue weighted by atomic mass is 10.0. The number of aromatic nitrogens is 2. The molecule has 14 unspecified atom stereocenters. The molecule has 14 atom stereocenters. The zero-order chi connectivity index (χ0) is 77.8. The summed E-state index contributed by atoms with van der Waals surface area (Å²) in [6.45, 7) is 3.81. The number of amides is 12. The van der Waals surface area contributed by atoms with E-state index < -0.39 is 249 Å². The van der Waals surface area contributed by atoms with Crippen LogP contribution in [-0.4, -0.2) is 232 Å². The lowest BCUT2D eigenvalue weighted by Gasteiger charge is -2.30. The molecule has 12 amide bonds. The van der Waals surface area contributed by atoms with Crippen molar-refractivity contribution in [2.75, 3.05) is 13.2 Å². The zero-order valence-electron chi connectivity index (χ0n) is 56.7. The van der Waals surface area contributed by atoms with Gasteiger partial charge in [-0.15, -0.1) is 0 Å². The molecule has 0 aliphatic carbocycles. The third-order valence-corrected chi connectivity index (χ3v) is 16.8. The molecule has 2 aliphatic heterocycles. The second-order valence-electron chi connectivity index (χ2n) is 24.8. The molecule has 22 N–H and O–H groups in total. The van der Waals surface area contributed by atoms with Crippen LogP contribution in [0.5, 0.6) is 5.75 Å². The third-order valence-electron chi connectivity index (χ3n) is 16.8. The normalized spacial score (nSPS) is 24.2. The molecule has 2 aromatic heterocycles. The topological polar surface area (TPSA) is 626 Å². The number of epoxide rings is 1. The highest BCUT2D eigenvalue weighted by atomic mass is 16.6. The maximum atomic E-state index is 15.3. The fraction of sp³-hybridized carbons (Fsp3) is 0.403. The van der Waals surface area contributed by atoms with E-state index >= 15 is 14.4 Å². The molecule has 39 nitrogen and oxygen atoms in total. The minimum Gasteiger partial charge on any atom is -0.513 e. The van der Waals surface area contributed by atoms with Crippen molar-refractivity contribution in [3.8, 4) is 5.75 Å². The van der Waals surface area contributed by atoms with Crippen LogP contribution < -0.4 is 64.2 Å². The number of primary amides is 1. The summed E-state index contributed by atoms with van der Waals surface area (Å²) in [7, 11) is 0. The van der Waals surface area contributed by atoms with E-state index in [9.17, 15) is 98.1 Å². The number of ether oxygens (including phenoxy) is 2. The van der Waals surface area contributed by atoms with Crippen molar-refractivity contribution >= 4 is 117 Å². The first kappa shape index (κ1) is 80.8. The van der Waals surface area contributed by atoms with Crippen LogP contribution in [0.4, 0.5) is 0 Å². The van der Waals surface area contributed by atoms with Gasteiger partial charge in [-0.3, -0.25) is 71.9 Å². The van der Waals surface area contributed by atoms with E-state index in [4.69, 9.17) is 15.2 Å². The van der Waals surface area contributed by atoms with Gasteiger partial charge in [0.1, 0.15) is 72.3 Å². The molecule has 0 bridgehead atoms. The van der Waals surface area contributed by atoms with Gasteiger partial charge >= 0.3 is 23.9 Å². The average molecular weight is 1480 g/mol. The number of esters is 1. The van der Waals surface area contributed by atoms with E-state index in [0.29, 0.717) is 34.6 Å². The molecule has 4 heterocycles. The van der Waals surface area contributed by atoms with Crippen LogP contribution in [0.15, 0.2) is 97.5 Å². The summed E-state index contributed by atoms with van der Waals surface area (Å²) in [6.07, 6.45) is -8.90. The molecule has 2 fully saturated rings. The Hall–Kier alpha value is -12.5. The predicted molar refractivity (Wildman–Crippen MR) is 363 cm³/mol. The minimum atomic E-state index is -2.71. The van der Waals surface area contributed by atoms with Crippen molar-refractivity contribution in [2.24, 2.45) is 5.73 Å². The highest BCUT2D eigenvalue weighted by molar-refractivity contribution is 6.02. The number of carboxylic acids is 3. The van der Waals surface area contributed by atoms with Gasteiger partial charge < -0.3 is 119 Å². The van der Waals surface area contributed by atoms with Gasteiger partial charge in [0.25, 0.3) is 5.91 Å². The van der Waals surface area contributed by atoms with E-state index in [1.165, 1.54) is 12.4 Å². The molecule has 39 heteroatoms. The number of fused-ring (bicyclic) bond motifs is 2. The number of aromatic hydroxyl groups is 1. The van der Waals surface area contributed by atoms with Crippen LogP contribution >= 0.6 is 0 Å². The number of carbonyl (C=O) groups is 16. The number of carboxylic acid groups (broad SMARTS) is 3. The number of hydrogen-bond acceptors (Lipinski definition) is 22. The number of nitrogens with two attached hydrogens (primary N) is 1. The number of aliphatic hydroxyl groups excluding tert-OH is 3. The van der Waals surface area contributed by atoms with Gasteiger partial charge in [0.2, 0.25) is 65.0 Å². The minimum absolute atomic E-state index is 0.270. The van der Waals surface area contributed by atoms with Crippen LogP contribution in [-0.2, 0) is 99.0 Å². The number of phenols is 1. The number of cyclic esters (lactones) is 1. The zero-order valence-corrected chi connectivity index (χ0v) is 56.7. The molecular weight excluding hydrogens is 1400 g/mol. The fourth-order valence-corrected chi connectivity index (χ4v) is 11.3. The van der Waals surface area contributed by atoms with Gasteiger partial charge in [0, 0.05) is 59.9 Å². The number of aromatic amines is 2. The van der Waals surface area contributed by atoms with Crippen LogP contribution in [0, 0.1) is 0 Å². The van der Waals surface area contributed by atoms with Crippen molar-refractivity contribution in [1.82, 2.24) is 68.5 Å². The van der Waals surface area contributed by atoms with Gasteiger partial charge in [-0.05, 0) is 60.7 Å². The summed E-state index contributed by atoms with van der Waals surface area (Å²) >= 11 is 0. The summed E-state index contributed by atoms with van der Waals surface area (Å²) in [5.74, 6) is -24.9. The summed E-state index contributed by atoms with van der Waals surface area (Å²) in [5, 5.41) is 97.2. The summed E-state index contributed by atoms with van der Waals surface area (Å²) < 4.78 is 11.4. The van der Waals surface area contributed by atoms with Crippen molar-refractivity contribution in [3.05, 3.63) is 114 Å². The number of aliphatic carboxylic acids is 3. The maximum absolute atomic E-state index is 15.3. The maximum Gasteiger partial charge on any atom is 0.329 e. The van der Waals surface area contributed by atoms with Crippen LogP contribution in [0.1, 0.15) is 81.5 Å². The van der Waals surface area contributed by atoms with E-state index in [1.54, 1.807) is 48.5 Å². The SMILES string of the molecule is C=C(O)CC1NC(=O)C(Cc2c[nH]c3ccccc23)NC(=O)C(NC(=O)C(CO)NC(=O)C2OC2CCC)C(C)OC(=O)C(Cc2c[nH]c3ccccc23)NC(=O)C(CCC(=O)O)NC(=O)C(C(O)C(N)=O)NC(=O)CNC(=O)C(CC(=O)O)NC(=O)C(c2ccc(O)cc2)NC(=O)C(CC(=O)O)NC1=O. The summed E-state index contributed by atoms with van der Waals surface area (Å²) in [5.41, 5.74) is 6.61. The number of aliphatic hydroxyl groups is 3. The number of phenolic OH excluding ortho intramolecular Hbond substituents is 1. The highest BCUT2D eigenvalue weighted by Crippen LogP contribution is 2.27. The average Bonchev–Trinajstić information content (AvgIpc) is 1.27. The Morgan fingerprint density at radius 2 is 1.11 bits per heavy atom. The van der Waals surface area contributed by atoms with Gasteiger partial charge in [0.15, 0.2) is 12.2 Å². The molecule has 0 saturated carbocycles. The molecule has 0 radical (unpaired) electrons. The van der Waals surface area contributed by atoms with E-state index in [1.807, 2.05) is 17.6 Å². The Balaban J connectivity index is 1.37. The number of rotatable bonds is 23. The lowest BCUT2D eigenvalue weighted by molar-refractivity contribution is -0.156. The summed E-state index contributed by atoms with van der Waals surface area (Å²) in [6, 6.07) is -4.34. The Kier molecular flexibility index (Phi) is 28.3. The molecular formula is C67H80N14O25. The molecule has 0 spiro atoms. The monoisotopic (exact) mass is 1480 g/mol. The molecule has 3 aromatic carbocycles. The van der Waals surface area contributed by atoms with Crippen LogP contribution in [0.25, 0.3) is 21.8 Å². The first-order valence-corrected chi connectivity index (χ1v) is 32.9. The first-order chi connectivity index (χ1) is 50.2. The standard InChI is InChI=1S/C67H80N14O25/c1-4-9-46-55(106-46)66(103)78-45(28-82)62(99)80-51-30(3)105-67(104)44(22-33-26-70-38-13-8-6-11-36(33)38)77-58(95)39(18-19-48(86)87)72-65(102)53(54(92)56(68)93)79-47(85)27-71-57(94)42(23-49(88)89)76-64(101)52(31-14-16-34(84)17-15-31)81-61(98)43(24-50(90)91)74-59(96)40(20-29(2)83)73-60(97)41(75-63(51)100)21-32-25-69-37-12-7-5-10-35(32)37/h5-8,10-17,25-26,30,39-46,51-55,69-70,82-84,92H,2,4,9,18-24,27-28H2,1,3H3,(H2,68,93)(H,71,94)(H,72,102)(H,73,97)(H,74,96)(H,75,100)(H,76,101)(H,77,95)(H,78,103)(H,79,85)(H,80,99)(H,81,98)(H,86,87)(H,88,89)(H,90,91).